The van der Waals surface area contributed by atoms with Crippen LogP contribution in [0.1, 0.15) is 5.56 Å². The molecule has 0 saturated heterocycles. The summed E-state index contributed by atoms with van der Waals surface area (Å²) >= 11 is 1.31. The average molecular weight is 385 g/mol. The number of sulfone groups is 1. The molecule has 0 radical (unpaired) electrons. The van der Waals surface area contributed by atoms with E-state index in [1.54, 1.807) is 12.1 Å². The van der Waals surface area contributed by atoms with E-state index in [0.29, 0.717) is 9.10 Å². The van der Waals surface area contributed by atoms with Crippen LogP contribution in [0.3, 0.4) is 0 Å². The molecule has 0 atom stereocenters. The predicted molar refractivity (Wildman–Crippen MR) is 108 cm³/mol. The second-order valence-electron chi connectivity index (χ2n) is 6.66. The van der Waals surface area contributed by atoms with Gasteiger partial charge in [0.25, 0.3) is 0 Å². The summed E-state index contributed by atoms with van der Waals surface area (Å²) in [6.07, 6.45) is 2.87. The first-order chi connectivity index (χ1) is 12.5. The third-order valence-electron chi connectivity index (χ3n) is 4.57. The highest BCUT2D eigenvalue weighted by molar-refractivity contribution is 7.93. The standard InChI is InChI=1S/C20H20N2O2S2/c1-22(2)11-10-15-13-21-20-17(15)12-19(25-20)26(23,24)18-9-5-7-14-6-3-4-8-16(14)18/h3-9,12-13,21H,10-11H2,1-2H3. The molecule has 2 aromatic heterocycles. The maximum atomic E-state index is 13.3. The number of hydrogen-bond donors (Lipinski definition) is 1. The lowest BCUT2D eigenvalue weighted by Gasteiger charge is -2.08. The Labute approximate surface area is 157 Å². The number of nitrogens with zero attached hydrogens (tertiary/aromatic N) is 1. The SMILES string of the molecule is CN(C)CCc1c[nH]c2sc(S(=O)(=O)c3cccc4ccccc34)cc12. The van der Waals surface area contributed by atoms with Gasteiger partial charge in [0.15, 0.2) is 0 Å². The van der Waals surface area contributed by atoms with E-state index < -0.39 is 9.84 Å². The van der Waals surface area contributed by atoms with E-state index in [1.807, 2.05) is 56.7 Å². The predicted octanol–water partition coefficient (Wildman–Crippen LogP) is 4.32. The highest BCUT2D eigenvalue weighted by atomic mass is 32.2. The largest absolute Gasteiger partial charge is 0.353 e. The Morgan fingerprint density at radius 3 is 2.62 bits per heavy atom. The third-order valence-corrected chi connectivity index (χ3v) is 7.92. The zero-order valence-electron chi connectivity index (χ0n) is 14.7. The molecular weight excluding hydrogens is 364 g/mol. The Morgan fingerprint density at radius 2 is 1.81 bits per heavy atom. The van der Waals surface area contributed by atoms with Crippen molar-refractivity contribution in [2.45, 2.75) is 15.5 Å². The number of fused-ring (bicyclic) bond motifs is 2. The van der Waals surface area contributed by atoms with Gasteiger partial charge in [-0.05, 0) is 43.6 Å². The van der Waals surface area contributed by atoms with Gasteiger partial charge in [0.1, 0.15) is 9.04 Å². The molecule has 4 nitrogen and oxygen atoms in total. The minimum Gasteiger partial charge on any atom is -0.353 e. The van der Waals surface area contributed by atoms with Crippen molar-refractivity contribution < 1.29 is 8.42 Å². The summed E-state index contributed by atoms with van der Waals surface area (Å²) in [5, 5.41) is 2.71. The molecule has 4 rings (SSSR count). The normalized spacial score (nSPS) is 12.4. The van der Waals surface area contributed by atoms with Crippen molar-refractivity contribution in [1.82, 2.24) is 9.88 Å². The van der Waals surface area contributed by atoms with Crippen LogP contribution in [0, 0.1) is 0 Å². The molecule has 0 fully saturated rings. The van der Waals surface area contributed by atoms with E-state index in [2.05, 4.69) is 9.88 Å². The highest BCUT2D eigenvalue weighted by Gasteiger charge is 2.23. The molecule has 0 aliphatic rings. The van der Waals surface area contributed by atoms with Crippen molar-refractivity contribution in [2.24, 2.45) is 0 Å². The number of thiophene rings is 1. The fraction of sp³-hybridized carbons (Fsp3) is 0.200. The summed E-state index contributed by atoms with van der Waals surface area (Å²) in [7, 11) is 0.514. The van der Waals surface area contributed by atoms with Gasteiger partial charge in [-0.15, -0.1) is 11.3 Å². The number of H-pyrrole nitrogens is 1. The number of aromatic nitrogens is 1. The van der Waals surface area contributed by atoms with E-state index >= 15 is 0 Å². The number of aromatic amines is 1. The van der Waals surface area contributed by atoms with Crippen LogP contribution >= 0.6 is 11.3 Å². The first-order valence-corrected chi connectivity index (χ1v) is 10.7. The summed E-state index contributed by atoms with van der Waals surface area (Å²) in [4.78, 5) is 6.64. The average Bonchev–Trinajstić information content (AvgIpc) is 3.20. The quantitative estimate of drug-likeness (QED) is 0.557. The van der Waals surface area contributed by atoms with Crippen LogP contribution in [-0.2, 0) is 16.3 Å². The first kappa shape index (κ1) is 17.3. The molecule has 0 aliphatic heterocycles. The Kier molecular flexibility index (Phi) is 4.34. The molecule has 0 saturated carbocycles. The zero-order valence-corrected chi connectivity index (χ0v) is 16.3. The van der Waals surface area contributed by atoms with Gasteiger partial charge >= 0.3 is 0 Å². The van der Waals surface area contributed by atoms with Crippen LogP contribution in [0.25, 0.3) is 21.0 Å². The lowest BCUT2D eigenvalue weighted by molar-refractivity contribution is 0.414. The molecule has 0 bridgehead atoms. The molecule has 26 heavy (non-hydrogen) atoms. The Bertz CT molecular complexity index is 1180. The maximum absolute atomic E-state index is 13.3. The van der Waals surface area contributed by atoms with Crippen LogP contribution in [0.5, 0.6) is 0 Å². The molecular formula is C20H20N2O2S2. The topological polar surface area (TPSA) is 53.2 Å². The minimum absolute atomic E-state index is 0.370. The van der Waals surface area contributed by atoms with Gasteiger partial charge in [-0.1, -0.05) is 36.4 Å². The number of likely N-dealkylation sites (N-methyl/N-ethyl adjacent to an activating group) is 1. The monoisotopic (exact) mass is 384 g/mol. The fourth-order valence-electron chi connectivity index (χ4n) is 3.17. The van der Waals surface area contributed by atoms with Crippen molar-refractivity contribution in [3.05, 3.63) is 60.3 Å². The molecule has 0 unspecified atom stereocenters. The molecule has 0 aliphatic carbocycles. The minimum atomic E-state index is -3.56. The lowest BCUT2D eigenvalue weighted by atomic mass is 10.1. The van der Waals surface area contributed by atoms with Gasteiger partial charge in [0.05, 0.1) is 4.90 Å². The molecule has 2 aromatic carbocycles. The molecule has 0 amide bonds. The van der Waals surface area contributed by atoms with Crippen molar-refractivity contribution in [1.29, 1.82) is 0 Å². The molecule has 134 valence electrons. The summed E-state index contributed by atoms with van der Waals surface area (Å²) in [6.45, 7) is 0.925. The Balaban J connectivity index is 1.81. The Morgan fingerprint density at radius 1 is 1.04 bits per heavy atom. The fourth-order valence-corrected chi connectivity index (χ4v) is 6.14. The lowest BCUT2D eigenvalue weighted by Crippen LogP contribution is -2.14. The second kappa shape index (κ2) is 6.54. The van der Waals surface area contributed by atoms with Crippen molar-refractivity contribution in [2.75, 3.05) is 20.6 Å². The van der Waals surface area contributed by atoms with Gasteiger partial charge in [-0.25, -0.2) is 8.42 Å². The smallest absolute Gasteiger partial charge is 0.216 e. The van der Waals surface area contributed by atoms with E-state index in [0.717, 1.165) is 39.5 Å². The molecule has 4 aromatic rings. The van der Waals surface area contributed by atoms with E-state index in [1.165, 1.54) is 11.3 Å². The van der Waals surface area contributed by atoms with E-state index in [9.17, 15) is 8.42 Å². The van der Waals surface area contributed by atoms with E-state index in [4.69, 9.17) is 0 Å². The van der Waals surface area contributed by atoms with Crippen molar-refractivity contribution in [3.63, 3.8) is 0 Å². The summed E-state index contributed by atoms with van der Waals surface area (Å²) < 4.78 is 27.0. The van der Waals surface area contributed by atoms with E-state index in [-0.39, 0.29) is 0 Å². The highest BCUT2D eigenvalue weighted by Crippen LogP contribution is 2.36. The van der Waals surface area contributed by atoms with Crippen molar-refractivity contribution in [3.8, 4) is 0 Å². The van der Waals surface area contributed by atoms with Gasteiger partial charge in [-0.3, -0.25) is 0 Å². The van der Waals surface area contributed by atoms with Crippen LogP contribution in [0.2, 0.25) is 0 Å². The maximum Gasteiger partial charge on any atom is 0.216 e. The summed E-state index contributed by atoms with van der Waals surface area (Å²) in [6, 6.07) is 14.8. The molecule has 1 N–H and O–H groups in total. The van der Waals surface area contributed by atoms with Crippen molar-refractivity contribution >= 4 is 42.2 Å². The van der Waals surface area contributed by atoms with Gasteiger partial charge in [0.2, 0.25) is 9.84 Å². The van der Waals surface area contributed by atoms with Gasteiger partial charge in [-0.2, -0.15) is 0 Å². The Hall–Kier alpha value is -2.15. The summed E-state index contributed by atoms with van der Waals surface area (Å²) in [5.74, 6) is 0. The molecule has 0 spiro atoms. The first-order valence-electron chi connectivity index (χ1n) is 8.44. The number of nitrogens with one attached hydrogen (secondary N) is 1. The zero-order chi connectivity index (χ0) is 18.3. The summed E-state index contributed by atoms with van der Waals surface area (Å²) in [5.41, 5.74) is 1.16. The van der Waals surface area contributed by atoms with Crippen LogP contribution in [-0.4, -0.2) is 38.9 Å². The van der Waals surface area contributed by atoms with Gasteiger partial charge < -0.3 is 9.88 Å². The molecule has 2 heterocycles. The number of hydrogen-bond acceptors (Lipinski definition) is 4. The second-order valence-corrected chi connectivity index (χ2v) is 9.85. The number of rotatable bonds is 5. The third kappa shape index (κ3) is 2.94. The van der Waals surface area contributed by atoms with Crippen LogP contribution < -0.4 is 0 Å². The van der Waals surface area contributed by atoms with Gasteiger partial charge in [0, 0.05) is 23.5 Å². The van der Waals surface area contributed by atoms with Crippen LogP contribution in [0.4, 0.5) is 0 Å². The molecule has 6 heteroatoms. The van der Waals surface area contributed by atoms with Crippen LogP contribution in [0.15, 0.2) is 63.8 Å². The number of benzene rings is 2.